The number of fused-ring (bicyclic) bond motifs is 1. The van der Waals surface area contributed by atoms with Gasteiger partial charge >= 0.3 is 0 Å². The van der Waals surface area contributed by atoms with Gasteiger partial charge in [-0.3, -0.25) is 0 Å². The number of H-pyrrole nitrogens is 1. The standard InChI is InChI=1S/C14H22N4O/c1-6-19-10-8-7-9-11(17-10)18-12(16-9)13(2,3)14(4,5)15/h7-8H,6,15H2,1-5H3,(H,16,17,18). The van der Waals surface area contributed by atoms with Gasteiger partial charge in [0.05, 0.1) is 12.1 Å². The number of rotatable bonds is 4. The molecule has 0 bridgehead atoms. The molecule has 2 aromatic heterocycles. The molecule has 0 atom stereocenters. The number of aromatic nitrogens is 3. The lowest BCUT2D eigenvalue weighted by Gasteiger charge is -2.36. The third kappa shape index (κ3) is 2.42. The molecular weight excluding hydrogens is 240 g/mol. The summed E-state index contributed by atoms with van der Waals surface area (Å²) in [7, 11) is 0. The first-order chi connectivity index (χ1) is 8.75. The van der Waals surface area contributed by atoms with Gasteiger partial charge in [-0.05, 0) is 26.8 Å². The summed E-state index contributed by atoms with van der Waals surface area (Å²) in [6, 6.07) is 3.78. The summed E-state index contributed by atoms with van der Waals surface area (Å²) < 4.78 is 5.39. The minimum absolute atomic E-state index is 0.278. The van der Waals surface area contributed by atoms with Crippen molar-refractivity contribution in [2.24, 2.45) is 5.73 Å². The van der Waals surface area contributed by atoms with Crippen LogP contribution in [0.2, 0.25) is 0 Å². The summed E-state index contributed by atoms with van der Waals surface area (Å²) in [5.41, 5.74) is 7.14. The van der Waals surface area contributed by atoms with E-state index in [4.69, 9.17) is 10.5 Å². The van der Waals surface area contributed by atoms with Crippen molar-refractivity contribution in [2.75, 3.05) is 6.61 Å². The summed E-state index contributed by atoms with van der Waals surface area (Å²) in [5, 5.41) is 0. The Labute approximate surface area is 113 Å². The monoisotopic (exact) mass is 262 g/mol. The predicted octanol–water partition coefficient (Wildman–Crippen LogP) is 2.37. The molecule has 0 amide bonds. The maximum absolute atomic E-state index is 6.24. The number of ether oxygens (including phenoxy) is 1. The highest BCUT2D eigenvalue weighted by Gasteiger charge is 2.37. The van der Waals surface area contributed by atoms with Crippen LogP contribution in [-0.4, -0.2) is 27.1 Å². The van der Waals surface area contributed by atoms with Gasteiger partial charge in [0.25, 0.3) is 0 Å². The van der Waals surface area contributed by atoms with Crippen LogP contribution in [0.3, 0.4) is 0 Å². The van der Waals surface area contributed by atoms with Crippen LogP contribution in [0.5, 0.6) is 5.88 Å². The van der Waals surface area contributed by atoms with Crippen LogP contribution >= 0.6 is 0 Å². The highest BCUT2D eigenvalue weighted by Crippen LogP contribution is 2.32. The maximum Gasteiger partial charge on any atom is 0.215 e. The van der Waals surface area contributed by atoms with Gasteiger partial charge in [-0.15, -0.1) is 0 Å². The second kappa shape index (κ2) is 4.49. The Kier molecular flexibility index (Phi) is 3.26. The van der Waals surface area contributed by atoms with E-state index in [0.29, 0.717) is 18.1 Å². The van der Waals surface area contributed by atoms with Gasteiger partial charge in [-0.1, -0.05) is 13.8 Å². The van der Waals surface area contributed by atoms with Crippen LogP contribution < -0.4 is 10.5 Å². The molecule has 5 nitrogen and oxygen atoms in total. The Morgan fingerprint density at radius 2 is 1.89 bits per heavy atom. The first-order valence-corrected chi connectivity index (χ1v) is 6.54. The van der Waals surface area contributed by atoms with Gasteiger partial charge in [0.15, 0.2) is 5.65 Å². The largest absolute Gasteiger partial charge is 0.478 e. The van der Waals surface area contributed by atoms with Crippen LogP contribution in [0, 0.1) is 0 Å². The van der Waals surface area contributed by atoms with Gasteiger partial charge < -0.3 is 15.5 Å². The molecule has 0 unspecified atom stereocenters. The normalized spacial score (nSPS) is 12.9. The number of nitrogens with zero attached hydrogens (tertiary/aromatic N) is 2. The van der Waals surface area contributed by atoms with E-state index in [1.54, 1.807) is 0 Å². The van der Waals surface area contributed by atoms with Gasteiger partial charge in [0, 0.05) is 17.0 Å². The number of imidazole rings is 1. The Morgan fingerprint density at radius 3 is 2.47 bits per heavy atom. The van der Waals surface area contributed by atoms with Gasteiger partial charge in [0.1, 0.15) is 5.82 Å². The molecule has 0 aliphatic carbocycles. The topological polar surface area (TPSA) is 76.8 Å². The molecule has 104 valence electrons. The zero-order valence-corrected chi connectivity index (χ0v) is 12.2. The molecule has 0 fully saturated rings. The fourth-order valence-corrected chi connectivity index (χ4v) is 1.70. The summed E-state index contributed by atoms with van der Waals surface area (Å²) in [6.07, 6.45) is 0. The van der Waals surface area contributed by atoms with Gasteiger partial charge in [-0.2, -0.15) is 4.98 Å². The van der Waals surface area contributed by atoms with Crippen LogP contribution in [-0.2, 0) is 5.41 Å². The zero-order valence-electron chi connectivity index (χ0n) is 12.2. The van der Waals surface area contributed by atoms with E-state index >= 15 is 0 Å². The molecule has 2 rings (SSSR count). The number of aromatic amines is 1. The lowest BCUT2D eigenvalue weighted by Crippen LogP contribution is -2.50. The number of nitrogens with two attached hydrogens (primary N) is 1. The van der Waals surface area contributed by atoms with Crippen molar-refractivity contribution in [1.29, 1.82) is 0 Å². The number of pyridine rings is 1. The third-order valence-corrected chi connectivity index (χ3v) is 3.82. The SMILES string of the molecule is CCOc1ccc2[nH]c(C(C)(C)C(C)(C)N)nc2n1. The van der Waals surface area contributed by atoms with E-state index in [1.807, 2.05) is 32.9 Å². The van der Waals surface area contributed by atoms with E-state index in [9.17, 15) is 0 Å². The molecule has 0 radical (unpaired) electrons. The molecule has 0 spiro atoms. The number of hydrogen-bond donors (Lipinski definition) is 2. The van der Waals surface area contributed by atoms with Crippen LogP contribution in [0.15, 0.2) is 12.1 Å². The van der Waals surface area contributed by atoms with E-state index in [-0.39, 0.29) is 11.0 Å². The van der Waals surface area contributed by atoms with E-state index in [2.05, 4.69) is 28.8 Å². The Balaban J connectivity index is 2.47. The minimum atomic E-state index is -0.385. The van der Waals surface area contributed by atoms with Crippen molar-refractivity contribution in [3.8, 4) is 5.88 Å². The van der Waals surface area contributed by atoms with E-state index in [1.165, 1.54) is 0 Å². The lowest BCUT2D eigenvalue weighted by atomic mass is 9.74. The van der Waals surface area contributed by atoms with Crippen molar-refractivity contribution in [1.82, 2.24) is 15.0 Å². The average Bonchev–Trinajstić information content (AvgIpc) is 2.71. The summed E-state index contributed by atoms with van der Waals surface area (Å²) in [5.74, 6) is 1.44. The van der Waals surface area contributed by atoms with Crippen molar-refractivity contribution in [2.45, 2.75) is 45.6 Å². The molecular formula is C14H22N4O. The molecule has 0 saturated carbocycles. The Hall–Kier alpha value is -1.62. The molecule has 2 aromatic rings. The van der Waals surface area contributed by atoms with E-state index < -0.39 is 0 Å². The molecule has 0 saturated heterocycles. The first kappa shape index (κ1) is 13.8. The lowest BCUT2D eigenvalue weighted by molar-refractivity contribution is 0.293. The smallest absolute Gasteiger partial charge is 0.215 e. The highest BCUT2D eigenvalue weighted by molar-refractivity contribution is 5.71. The highest BCUT2D eigenvalue weighted by atomic mass is 16.5. The van der Waals surface area contributed by atoms with E-state index in [0.717, 1.165) is 11.3 Å². The summed E-state index contributed by atoms with van der Waals surface area (Å²) in [6.45, 7) is 10.7. The molecule has 0 aliphatic rings. The fraction of sp³-hybridized carbons (Fsp3) is 0.571. The molecule has 0 aliphatic heterocycles. The van der Waals surface area contributed by atoms with Crippen molar-refractivity contribution >= 4 is 11.2 Å². The third-order valence-electron chi connectivity index (χ3n) is 3.82. The molecule has 19 heavy (non-hydrogen) atoms. The number of nitrogens with one attached hydrogen (secondary N) is 1. The number of hydrogen-bond acceptors (Lipinski definition) is 4. The molecule has 2 heterocycles. The Morgan fingerprint density at radius 1 is 1.21 bits per heavy atom. The molecule has 5 heteroatoms. The molecule has 3 N–H and O–H groups in total. The van der Waals surface area contributed by atoms with Crippen molar-refractivity contribution in [3.63, 3.8) is 0 Å². The van der Waals surface area contributed by atoms with Gasteiger partial charge in [0.2, 0.25) is 5.88 Å². The predicted molar refractivity (Wildman–Crippen MR) is 76.4 cm³/mol. The van der Waals surface area contributed by atoms with Crippen molar-refractivity contribution in [3.05, 3.63) is 18.0 Å². The second-order valence-electron chi connectivity index (χ2n) is 5.89. The zero-order chi connectivity index (χ0) is 14.3. The van der Waals surface area contributed by atoms with Gasteiger partial charge in [-0.25, -0.2) is 4.98 Å². The second-order valence-corrected chi connectivity index (χ2v) is 5.89. The van der Waals surface area contributed by atoms with Crippen molar-refractivity contribution < 1.29 is 4.74 Å². The average molecular weight is 262 g/mol. The van der Waals surface area contributed by atoms with Crippen LogP contribution in [0.4, 0.5) is 0 Å². The molecule has 0 aromatic carbocycles. The summed E-state index contributed by atoms with van der Waals surface area (Å²) >= 11 is 0. The summed E-state index contributed by atoms with van der Waals surface area (Å²) in [4.78, 5) is 12.2. The van der Waals surface area contributed by atoms with Crippen LogP contribution in [0.1, 0.15) is 40.4 Å². The quantitative estimate of drug-likeness (QED) is 0.886. The maximum atomic E-state index is 6.24. The Bertz CT molecular complexity index is 581. The first-order valence-electron chi connectivity index (χ1n) is 6.54. The fourth-order valence-electron chi connectivity index (χ4n) is 1.70. The van der Waals surface area contributed by atoms with Crippen LogP contribution in [0.25, 0.3) is 11.2 Å². The minimum Gasteiger partial charge on any atom is -0.478 e.